The third kappa shape index (κ3) is 7.16. The lowest BCUT2D eigenvalue weighted by atomic mass is 9.95. The molecule has 0 bridgehead atoms. The molecule has 1 atom stereocenters. The summed E-state index contributed by atoms with van der Waals surface area (Å²) in [5.41, 5.74) is 1.13. The summed E-state index contributed by atoms with van der Waals surface area (Å²) < 4.78 is 17.4. The van der Waals surface area contributed by atoms with Crippen molar-refractivity contribution in [2.75, 3.05) is 52.6 Å². The number of benzene rings is 2. The van der Waals surface area contributed by atoms with Crippen LogP contribution in [0.2, 0.25) is 5.02 Å². The van der Waals surface area contributed by atoms with E-state index in [2.05, 4.69) is 18.7 Å². The number of carbonyl (C=O) groups is 2. The van der Waals surface area contributed by atoms with E-state index < -0.39 is 17.7 Å². The molecule has 1 N–H and O–H groups in total. The number of hydrogen-bond donors (Lipinski definition) is 1. The quantitative estimate of drug-likeness (QED) is 0.210. The summed E-state index contributed by atoms with van der Waals surface area (Å²) in [6.45, 7) is 11.4. The summed E-state index contributed by atoms with van der Waals surface area (Å²) in [5, 5.41) is 11.8. The van der Waals surface area contributed by atoms with Crippen molar-refractivity contribution < 1.29 is 28.9 Å². The van der Waals surface area contributed by atoms with Crippen molar-refractivity contribution in [3.05, 3.63) is 64.2 Å². The van der Waals surface area contributed by atoms with E-state index in [-0.39, 0.29) is 11.3 Å². The van der Waals surface area contributed by atoms with Gasteiger partial charge >= 0.3 is 0 Å². The van der Waals surface area contributed by atoms with Crippen LogP contribution in [0.3, 0.4) is 0 Å². The van der Waals surface area contributed by atoms with Crippen LogP contribution in [0, 0.1) is 5.92 Å². The molecule has 2 fully saturated rings. The van der Waals surface area contributed by atoms with E-state index in [1.165, 1.54) is 0 Å². The SMILES string of the molecule is CCOc1cc(C2/C(=C(\O)c3ccc(Cl)cc3)C(=O)C(=O)N2CCCN2CCOCC2)ccc1OCCC(C)C. The molecule has 1 unspecified atom stereocenters. The number of aliphatic hydroxyl groups excluding tert-OH is 1. The largest absolute Gasteiger partial charge is 0.507 e. The molecule has 0 spiro atoms. The number of ether oxygens (including phenoxy) is 3. The number of likely N-dealkylation sites (tertiary alicyclic amines) is 1. The second-order valence-corrected chi connectivity index (χ2v) is 10.9. The van der Waals surface area contributed by atoms with Gasteiger partial charge in [-0.05, 0) is 67.6 Å². The maximum atomic E-state index is 13.4. The number of hydrogen-bond acceptors (Lipinski definition) is 7. The summed E-state index contributed by atoms with van der Waals surface area (Å²) >= 11 is 6.05. The van der Waals surface area contributed by atoms with E-state index in [0.717, 1.165) is 26.1 Å². The Labute approximate surface area is 241 Å². The first-order valence-electron chi connectivity index (χ1n) is 14.0. The van der Waals surface area contributed by atoms with E-state index >= 15 is 0 Å². The summed E-state index contributed by atoms with van der Waals surface area (Å²) in [6.07, 6.45) is 1.58. The molecule has 2 saturated heterocycles. The molecule has 0 aliphatic carbocycles. The normalized spacial score (nSPS) is 19.4. The number of ketones is 1. The maximum Gasteiger partial charge on any atom is 0.295 e. The van der Waals surface area contributed by atoms with Gasteiger partial charge in [0.2, 0.25) is 0 Å². The van der Waals surface area contributed by atoms with Crippen molar-refractivity contribution in [3.63, 3.8) is 0 Å². The van der Waals surface area contributed by atoms with Gasteiger partial charge in [0.1, 0.15) is 5.76 Å². The van der Waals surface area contributed by atoms with Gasteiger partial charge in [-0.15, -0.1) is 0 Å². The molecule has 0 aromatic heterocycles. The van der Waals surface area contributed by atoms with E-state index in [1.54, 1.807) is 29.2 Å². The summed E-state index contributed by atoms with van der Waals surface area (Å²) in [6, 6.07) is 11.3. The first-order valence-corrected chi connectivity index (χ1v) is 14.4. The van der Waals surface area contributed by atoms with Crippen molar-refractivity contribution in [1.82, 2.24) is 9.80 Å². The zero-order valence-corrected chi connectivity index (χ0v) is 24.3. The van der Waals surface area contributed by atoms with Gasteiger partial charge in [0, 0.05) is 36.8 Å². The van der Waals surface area contributed by atoms with E-state index in [1.807, 2.05) is 25.1 Å². The molecule has 0 radical (unpaired) electrons. The minimum Gasteiger partial charge on any atom is -0.507 e. The van der Waals surface area contributed by atoms with Crippen molar-refractivity contribution >= 4 is 29.1 Å². The molecule has 0 saturated carbocycles. The number of aliphatic hydroxyl groups is 1. The fourth-order valence-corrected chi connectivity index (χ4v) is 5.12. The highest BCUT2D eigenvalue weighted by atomic mass is 35.5. The number of amides is 1. The van der Waals surface area contributed by atoms with Crippen LogP contribution in [0.25, 0.3) is 5.76 Å². The minimum absolute atomic E-state index is 0.0506. The molecule has 2 aliphatic rings. The zero-order chi connectivity index (χ0) is 28.6. The minimum atomic E-state index is -0.774. The number of carbonyl (C=O) groups excluding carboxylic acids is 2. The predicted octanol–water partition coefficient (Wildman–Crippen LogP) is 5.31. The highest BCUT2D eigenvalue weighted by Crippen LogP contribution is 2.42. The van der Waals surface area contributed by atoms with Gasteiger partial charge in [-0.1, -0.05) is 31.5 Å². The second-order valence-electron chi connectivity index (χ2n) is 10.5. The Morgan fingerprint density at radius 3 is 2.45 bits per heavy atom. The van der Waals surface area contributed by atoms with E-state index in [0.29, 0.717) is 73.0 Å². The van der Waals surface area contributed by atoms with Gasteiger partial charge in [0.15, 0.2) is 11.5 Å². The zero-order valence-electron chi connectivity index (χ0n) is 23.5. The van der Waals surface area contributed by atoms with Crippen LogP contribution >= 0.6 is 11.6 Å². The Balaban J connectivity index is 1.69. The Morgan fingerprint density at radius 2 is 1.77 bits per heavy atom. The Hall–Kier alpha value is -3.07. The highest BCUT2D eigenvalue weighted by Gasteiger charge is 2.46. The molecule has 2 aromatic rings. The van der Waals surface area contributed by atoms with E-state index in [4.69, 9.17) is 25.8 Å². The van der Waals surface area contributed by atoms with Crippen LogP contribution in [0.15, 0.2) is 48.0 Å². The van der Waals surface area contributed by atoms with E-state index in [9.17, 15) is 14.7 Å². The molecule has 216 valence electrons. The standard InChI is InChI=1S/C31H39ClN2O6/c1-4-39-26-20-23(8-11-25(26)40-17-12-21(2)3)28-27(29(35)22-6-9-24(32)10-7-22)30(36)31(37)34(28)14-5-13-33-15-18-38-19-16-33/h6-11,20-21,28,35H,4-5,12-19H2,1-3H3/b29-27+. The van der Waals surface area contributed by atoms with Gasteiger partial charge < -0.3 is 24.2 Å². The van der Waals surface area contributed by atoms with Crippen LogP contribution in [0.5, 0.6) is 11.5 Å². The molecule has 2 aromatic carbocycles. The molecule has 2 aliphatic heterocycles. The van der Waals surface area contributed by atoms with Crippen LogP contribution in [0.4, 0.5) is 0 Å². The highest BCUT2D eigenvalue weighted by molar-refractivity contribution is 6.46. The first kappa shape index (κ1) is 29.9. The maximum absolute atomic E-state index is 13.4. The number of Topliss-reactive ketones (excluding diaryl/α,β-unsaturated/α-hetero) is 1. The molecule has 2 heterocycles. The average Bonchev–Trinajstić information content (AvgIpc) is 3.19. The molecule has 9 heteroatoms. The van der Waals surface area contributed by atoms with Crippen molar-refractivity contribution in [2.45, 2.75) is 39.7 Å². The number of halogens is 1. The second kappa shape index (κ2) is 14.0. The topological polar surface area (TPSA) is 88.5 Å². The van der Waals surface area contributed by atoms with Crippen LogP contribution in [-0.2, 0) is 14.3 Å². The monoisotopic (exact) mass is 570 g/mol. The lowest BCUT2D eigenvalue weighted by Crippen LogP contribution is -2.39. The van der Waals surface area contributed by atoms with Crippen LogP contribution in [-0.4, -0.2) is 79.2 Å². The molecule has 8 nitrogen and oxygen atoms in total. The summed E-state index contributed by atoms with van der Waals surface area (Å²) in [4.78, 5) is 30.6. The number of morpholine rings is 1. The van der Waals surface area contributed by atoms with Crippen molar-refractivity contribution in [1.29, 1.82) is 0 Å². The molecular weight excluding hydrogens is 532 g/mol. The smallest absolute Gasteiger partial charge is 0.295 e. The Morgan fingerprint density at radius 1 is 1.05 bits per heavy atom. The van der Waals surface area contributed by atoms with Crippen LogP contribution in [0.1, 0.15) is 50.8 Å². The fraction of sp³-hybridized carbons (Fsp3) is 0.484. The van der Waals surface area contributed by atoms with Gasteiger partial charge in [-0.3, -0.25) is 14.5 Å². The lowest BCUT2D eigenvalue weighted by Gasteiger charge is -2.29. The molecule has 40 heavy (non-hydrogen) atoms. The third-order valence-corrected chi connectivity index (χ3v) is 7.42. The van der Waals surface area contributed by atoms with Crippen LogP contribution < -0.4 is 9.47 Å². The van der Waals surface area contributed by atoms with Gasteiger partial charge in [0.05, 0.1) is 38.0 Å². The van der Waals surface area contributed by atoms with Crippen molar-refractivity contribution in [3.8, 4) is 11.5 Å². The van der Waals surface area contributed by atoms with Gasteiger partial charge in [-0.2, -0.15) is 0 Å². The first-order chi connectivity index (χ1) is 19.3. The summed E-state index contributed by atoms with van der Waals surface area (Å²) in [7, 11) is 0. The molecule has 4 rings (SSSR count). The fourth-order valence-electron chi connectivity index (χ4n) is 5.00. The predicted molar refractivity (Wildman–Crippen MR) is 155 cm³/mol. The Kier molecular flexibility index (Phi) is 10.5. The average molecular weight is 571 g/mol. The molecular formula is C31H39ClN2O6. The molecule has 1 amide bonds. The lowest BCUT2D eigenvalue weighted by molar-refractivity contribution is -0.140. The van der Waals surface area contributed by atoms with Gasteiger partial charge in [0.25, 0.3) is 11.7 Å². The van der Waals surface area contributed by atoms with Crippen molar-refractivity contribution in [2.24, 2.45) is 5.92 Å². The third-order valence-electron chi connectivity index (χ3n) is 7.17. The van der Waals surface area contributed by atoms with Gasteiger partial charge in [-0.25, -0.2) is 0 Å². The number of rotatable bonds is 12. The summed E-state index contributed by atoms with van der Waals surface area (Å²) in [5.74, 6) is 0.0740. The Bertz CT molecular complexity index is 1210. The number of nitrogens with zero attached hydrogens (tertiary/aromatic N) is 2.